The second-order valence-electron chi connectivity index (χ2n) is 1.90. The third-order valence-corrected chi connectivity index (χ3v) is 1.37. The van der Waals surface area contributed by atoms with Crippen LogP contribution in [0.4, 0.5) is 13.2 Å². The molecule has 0 aromatic heterocycles. The van der Waals surface area contributed by atoms with Crippen molar-refractivity contribution in [3.63, 3.8) is 0 Å². The van der Waals surface area contributed by atoms with Crippen LogP contribution in [0.3, 0.4) is 0 Å². The number of thiol groups is 1. The molecule has 0 fully saturated rings. The zero-order valence-corrected chi connectivity index (χ0v) is 7.08. The van der Waals surface area contributed by atoms with Gasteiger partial charge in [0.15, 0.2) is 0 Å². The Kier molecular flexibility index (Phi) is 4.40. The number of hydrogen-bond donors (Lipinski definition) is 2. The molecule has 0 radical (unpaired) electrons. The zero-order valence-electron chi connectivity index (χ0n) is 6.18. The highest BCUT2D eigenvalue weighted by molar-refractivity contribution is 7.80. The van der Waals surface area contributed by atoms with Crippen molar-refractivity contribution in [3.05, 3.63) is 0 Å². The van der Waals surface area contributed by atoms with Crippen LogP contribution in [0.15, 0.2) is 0 Å². The average molecular weight is 203 g/mol. The molecule has 3 nitrogen and oxygen atoms in total. The quantitative estimate of drug-likeness (QED) is 0.400. The normalized spacial score (nSPS) is 14.1. The fraction of sp³-hybridized carbons (Fsp3) is 0.800. The largest absolute Gasteiger partial charge is 0.468 e. The number of rotatable bonds is 3. The second kappa shape index (κ2) is 4.56. The van der Waals surface area contributed by atoms with E-state index in [1.165, 1.54) is 0 Å². The summed E-state index contributed by atoms with van der Waals surface area (Å²) in [6.07, 6.45) is -4.60. The molecule has 0 aromatic rings. The highest BCUT2D eigenvalue weighted by atomic mass is 32.1. The monoisotopic (exact) mass is 203 g/mol. The van der Waals surface area contributed by atoms with E-state index in [9.17, 15) is 18.0 Å². The van der Waals surface area contributed by atoms with Crippen LogP contribution in [0, 0.1) is 0 Å². The van der Waals surface area contributed by atoms with Crippen LogP contribution in [0.25, 0.3) is 0 Å². The van der Waals surface area contributed by atoms with Crippen LogP contribution in [-0.4, -0.2) is 31.2 Å². The molecular weight excluding hydrogens is 195 g/mol. The fourth-order valence-corrected chi connectivity index (χ4v) is 0.759. The molecule has 0 saturated heterocycles. The Labute approximate surface area is 72.7 Å². The molecule has 0 unspecified atom stereocenters. The summed E-state index contributed by atoms with van der Waals surface area (Å²) in [5.74, 6) is -1.26. The number of hydrogen-bond acceptors (Lipinski definition) is 4. The molecule has 0 aliphatic rings. The Morgan fingerprint density at radius 2 is 2.17 bits per heavy atom. The van der Waals surface area contributed by atoms with E-state index in [2.05, 4.69) is 17.4 Å². The zero-order chi connectivity index (χ0) is 9.78. The van der Waals surface area contributed by atoms with Gasteiger partial charge in [0.25, 0.3) is 0 Å². The molecule has 1 atom stereocenters. The van der Waals surface area contributed by atoms with Gasteiger partial charge < -0.3 is 4.74 Å². The summed E-state index contributed by atoms with van der Waals surface area (Å²) < 4.78 is 39.0. The van der Waals surface area contributed by atoms with Gasteiger partial charge in [-0.15, -0.1) is 0 Å². The molecule has 0 aromatic carbocycles. The molecule has 7 heteroatoms. The molecule has 0 heterocycles. The van der Waals surface area contributed by atoms with Crippen LogP contribution in [-0.2, 0) is 9.53 Å². The third kappa shape index (κ3) is 4.45. The molecule has 0 spiro atoms. The predicted octanol–water partition coefficient (Wildman–Crippen LogP) is 0.567. The van der Waals surface area contributed by atoms with Crippen molar-refractivity contribution in [2.45, 2.75) is 12.3 Å². The lowest BCUT2D eigenvalue weighted by atomic mass is 10.3. The van der Waals surface area contributed by atoms with Crippen molar-refractivity contribution in [1.29, 1.82) is 0 Å². The van der Waals surface area contributed by atoms with Gasteiger partial charge in [-0.25, -0.2) is 5.32 Å². The molecule has 0 rings (SSSR count). The maximum Gasteiger partial charge on any atom is 0.458 e. The number of carbonyl (C=O) groups is 1. The van der Waals surface area contributed by atoms with E-state index < -0.39 is 18.3 Å². The van der Waals surface area contributed by atoms with Gasteiger partial charge in [-0.05, 0) is 0 Å². The third-order valence-electron chi connectivity index (χ3n) is 1.01. The average Bonchev–Trinajstić information content (AvgIpc) is 1.97. The lowest BCUT2D eigenvalue weighted by molar-refractivity contribution is -0.174. The van der Waals surface area contributed by atoms with Gasteiger partial charge in [0.2, 0.25) is 0 Å². The molecule has 0 aliphatic carbocycles. The van der Waals surface area contributed by atoms with Crippen LogP contribution < -0.4 is 5.32 Å². The van der Waals surface area contributed by atoms with E-state index in [1.807, 2.05) is 0 Å². The number of halogens is 3. The topological polar surface area (TPSA) is 38.3 Å². The van der Waals surface area contributed by atoms with E-state index in [4.69, 9.17) is 0 Å². The first kappa shape index (κ1) is 11.6. The molecular formula is C5H8F3NO2S. The number of alkyl halides is 3. The van der Waals surface area contributed by atoms with Gasteiger partial charge in [0.1, 0.15) is 6.04 Å². The number of methoxy groups -OCH3 is 1. The van der Waals surface area contributed by atoms with Crippen molar-refractivity contribution in [1.82, 2.24) is 5.32 Å². The first-order chi connectivity index (χ1) is 5.40. The summed E-state index contributed by atoms with van der Waals surface area (Å²) in [5.41, 5.74) is 0. The Bertz CT molecular complexity index is 161. The Balaban J connectivity index is 4.09. The Morgan fingerprint density at radius 1 is 1.67 bits per heavy atom. The SMILES string of the molecule is COC(=O)[C@H](CS)NC(F)(F)F. The fourth-order valence-electron chi connectivity index (χ4n) is 0.519. The van der Waals surface area contributed by atoms with E-state index in [1.54, 1.807) is 0 Å². The van der Waals surface area contributed by atoms with E-state index in [-0.39, 0.29) is 5.75 Å². The van der Waals surface area contributed by atoms with Crippen LogP contribution in [0.2, 0.25) is 0 Å². The first-order valence-electron chi connectivity index (χ1n) is 2.94. The molecule has 12 heavy (non-hydrogen) atoms. The highest BCUT2D eigenvalue weighted by Crippen LogP contribution is 2.11. The second-order valence-corrected chi connectivity index (χ2v) is 2.27. The molecule has 0 amide bonds. The standard InChI is InChI=1S/C5H8F3NO2S/c1-11-4(10)3(2-12)9-5(6,7)8/h3,9,12H,2H2,1H3/t3-/m0/s1. The van der Waals surface area contributed by atoms with Gasteiger partial charge in [0, 0.05) is 5.75 Å². The van der Waals surface area contributed by atoms with Gasteiger partial charge in [-0.1, -0.05) is 0 Å². The van der Waals surface area contributed by atoms with Gasteiger partial charge >= 0.3 is 12.3 Å². The van der Waals surface area contributed by atoms with Crippen molar-refractivity contribution in [3.8, 4) is 0 Å². The summed E-state index contributed by atoms with van der Waals surface area (Å²) in [4.78, 5) is 10.6. The van der Waals surface area contributed by atoms with Crippen molar-refractivity contribution in [2.24, 2.45) is 0 Å². The van der Waals surface area contributed by atoms with Gasteiger partial charge in [-0.3, -0.25) is 4.79 Å². The highest BCUT2D eigenvalue weighted by Gasteiger charge is 2.33. The summed E-state index contributed by atoms with van der Waals surface area (Å²) in [6, 6.07) is -1.45. The maximum atomic E-state index is 11.6. The molecule has 1 N–H and O–H groups in total. The molecule has 72 valence electrons. The first-order valence-corrected chi connectivity index (χ1v) is 3.57. The Morgan fingerprint density at radius 3 is 2.42 bits per heavy atom. The van der Waals surface area contributed by atoms with E-state index in [0.29, 0.717) is 0 Å². The van der Waals surface area contributed by atoms with Gasteiger partial charge in [0.05, 0.1) is 7.11 Å². The number of ether oxygens (including phenoxy) is 1. The van der Waals surface area contributed by atoms with Crippen LogP contribution in [0.5, 0.6) is 0 Å². The summed E-state index contributed by atoms with van der Waals surface area (Å²) >= 11 is 3.56. The predicted molar refractivity (Wildman–Crippen MR) is 38.8 cm³/mol. The summed E-state index contributed by atoms with van der Waals surface area (Å²) in [6.45, 7) is 0. The number of carbonyl (C=O) groups excluding carboxylic acids is 1. The van der Waals surface area contributed by atoms with Crippen molar-refractivity contribution in [2.75, 3.05) is 12.9 Å². The molecule has 0 saturated carbocycles. The van der Waals surface area contributed by atoms with E-state index in [0.717, 1.165) is 12.4 Å². The lowest BCUT2D eigenvalue weighted by Crippen LogP contribution is -2.47. The van der Waals surface area contributed by atoms with E-state index >= 15 is 0 Å². The molecule has 0 aliphatic heterocycles. The van der Waals surface area contributed by atoms with Gasteiger partial charge in [-0.2, -0.15) is 25.8 Å². The lowest BCUT2D eigenvalue weighted by Gasteiger charge is -2.15. The van der Waals surface area contributed by atoms with Crippen LogP contribution in [0.1, 0.15) is 0 Å². The summed E-state index contributed by atoms with van der Waals surface area (Å²) in [7, 11) is 1.01. The minimum atomic E-state index is -4.60. The number of nitrogens with one attached hydrogen (secondary N) is 1. The minimum Gasteiger partial charge on any atom is -0.468 e. The number of esters is 1. The van der Waals surface area contributed by atoms with Crippen molar-refractivity contribution < 1.29 is 22.7 Å². The smallest absolute Gasteiger partial charge is 0.458 e. The summed E-state index contributed by atoms with van der Waals surface area (Å²) in [5, 5.41) is 1.11. The van der Waals surface area contributed by atoms with Crippen LogP contribution >= 0.6 is 12.6 Å². The Hall–Kier alpha value is -0.430. The van der Waals surface area contributed by atoms with Crippen molar-refractivity contribution >= 4 is 18.6 Å². The minimum absolute atomic E-state index is 0.272. The maximum absolute atomic E-state index is 11.6. The molecule has 0 bridgehead atoms.